The van der Waals surface area contributed by atoms with Gasteiger partial charge in [0.05, 0.1) is 6.10 Å². The van der Waals surface area contributed by atoms with Crippen LogP contribution in [0.4, 0.5) is 0 Å². The van der Waals surface area contributed by atoms with Gasteiger partial charge in [0.25, 0.3) is 0 Å². The fourth-order valence-electron chi connectivity index (χ4n) is 2.04. The van der Waals surface area contributed by atoms with Crippen molar-refractivity contribution in [2.45, 2.75) is 91.1 Å². The molecule has 1 N–H and O–H groups in total. The highest BCUT2D eigenvalue weighted by Crippen LogP contribution is 2.15. The molecule has 2 unspecified atom stereocenters. The van der Waals surface area contributed by atoms with E-state index in [0.29, 0.717) is 5.92 Å². The summed E-state index contributed by atoms with van der Waals surface area (Å²) in [5, 5.41) is 9.79. The van der Waals surface area contributed by atoms with Crippen molar-refractivity contribution in [3.8, 4) is 0 Å². The minimum absolute atomic E-state index is 0.0647. The molecule has 0 aliphatic carbocycles. The Hall–Kier alpha value is -0.0400. The number of aliphatic hydroxyl groups excluding tert-OH is 1. The predicted molar refractivity (Wildman–Crippen MR) is 72.7 cm³/mol. The number of unbranched alkanes of at least 4 members (excludes halogenated alkanes) is 7. The van der Waals surface area contributed by atoms with Crippen molar-refractivity contribution in [2.24, 2.45) is 5.92 Å². The van der Waals surface area contributed by atoms with Crippen molar-refractivity contribution in [3.63, 3.8) is 0 Å². The van der Waals surface area contributed by atoms with E-state index in [0.717, 1.165) is 12.8 Å². The van der Waals surface area contributed by atoms with Crippen LogP contribution in [0.2, 0.25) is 0 Å². The zero-order chi connectivity index (χ0) is 12.2. The molecule has 1 nitrogen and oxygen atoms in total. The van der Waals surface area contributed by atoms with E-state index < -0.39 is 0 Å². The van der Waals surface area contributed by atoms with Gasteiger partial charge in [-0.2, -0.15) is 0 Å². The molecule has 0 saturated carbocycles. The lowest BCUT2D eigenvalue weighted by Gasteiger charge is -2.16. The number of hydrogen-bond acceptors (Lipinski definition) is 1. The molecule has 0 bridgehead atoms. The smallest absolute Gasteiger partial charge is 0.0565 e. The normalized spacial score (nSPS) is 15.0. The van der Waals surface area contributed by atoms with E-state index in [4.69, 9.17) is 0 Å². The highest BCUT2D eigenvalue weighted by atomic mass is 16.3. The molecule has 0 radical (unpaired) electrons. The molecule has 16 heavy (non-hydrogen) atoms. The van der Waals surface area contributed by atoms with Gasteiger partial charge in [-0.15, -0.1) is 0 Å². The van der Waals surface area contributed by atoms with E-state index in [1.54, 1.807) is 0 Å². The highest BCUT2D eigenvalue weighted by molar-refractivity contribution is 4.62. The van der Waals surface area contributed by atoms with Gasteiger partial charge in [0.15, 0.2) is 0 Å². The van der Waals surface area contributed by atoms with Gasteiger partial charge < -0.3 is 5.11 Å². The standard InChI is InChI=1S/C15H32O/c1-4-6-7-8-9-10-11-12-13-15(16)14(3)5-2/h14-16H,4-13H2,1-3H3. The van der Waals surface area contributed by atoms with Gasteiger partial charge >= 0.3 is 0 Å². The Morgan fingerprint density at radius 2 is 1.31 bits per heavy atom. The van der Waals surface area contributed by atoms with Crippen molar-refractivity contribution in [2.75, 3.05) is 0 Å². The first-order chi connectivity index (χ1) is 7.72. The summed E-state index contributed by atoms with van der Waals surface area (Å²) < 4.78 is 0. The Kier molecular flexibility index (Phi) is 11.4. The van der Waals surface area contributed by atoms with Gasteiger partial charge in [0, 0.05) is 0 Å². The molecule has 0 spiro atoms. The number of hydrogen-bond donors (Lipinski definition) is 1. The third kappa shape index (κ3) is 9.21. The molecule has 0 heterocycles. The molecule has 0 saturated heterocycles. The van der Waals surface area contributed by atoms with Crippen LogP contribution in [0.5, 0.6) is 0 Å². The van der Waals surface area contributed by atoms with Crippen molar-refractivity contribution < 1.29 is 5.11 Å². The summed E-state index contributed by atoms with van der Waals surface area (Å²) in [6.45, 7) is 6.56. The Morgan fingerprint density at radius 3 is 1.81 bits per heavy atom. The monoisotopic (exact) mass is 228 g/mol. The van der Waals surface area contributed by atoms with E-state index in [-0.39, 0.29) is 6.10 Å². The molecule has 0 aromatic rings. The lowest BCUT2D eigenvalue weighted by molar-refractivity contribution is 0.102. The lowest BCUT2D eigenvalue weighted by atomic mass is 9.96. The first-order valence-electron chi connectivity index (χ1n) is 7.40. The average Bonchev–Trinajstić information content (AvgIpc) is 2.31. The summed E-state index contributed by atoms with van der Waals surface area (Å²) in [6, 6.07) is 0. The Labute approximate surface area is 103 Å². The summed E-state index contributed by atoms with van der Waals surface area (Å²) in [6.07, 6.45) is 12.8. The van der Waals surface area contributed by atoms with Gasteiger partial charge in [-0.1, -0.05) is 78.6 Å². The lowest BCUT2D eigenvalue weighted by Crippen LogP contribution is -2.16. The Bertz CT molecular complexity index is 133. The highest BCUT2D eigenvalue weighted by Gasteiger charge is 2.10. The van der Waals surface area contributed by atoms with Crippen LogP contribution in [-0.2, 0) is 0 Å². The summed E-state index contributed by atoms with van der Waals surface area (Å²) in [5.74, 6) is 0.476. The van der Waals surface area contributed by atoms with E-state index in [1.165, 1.54) is 51.4 Å². The molecule has 0 rings (SSSR count). The summed E-state index contributed by atoms with van der Waals surface area (Å²) >= 11 is 0. The van der Waals surface area contributed by atoms with E-state index in [9.17, 15) is 5.11 Å². The molecule has 0 fully saturated rings. The SMILES string of the molecule is CCCCCCCCCCC(O)C(C)CC. The number of aliphatic hydroxyl groups is 1. The summed E-state index contributed by atoms with van der Waals surface area (Å²) in [7, 11) is 0. The van der Waals surface area contributed by atoms with Crippen molar-refractivity contribution in [3.05, 3.63) is 0 Å². The molecular formula is C15H32O. The Morgan fingerprint density at radius 1 is 0.812 bits per heavy atom. The molecule has 2 atom stereocenters. The Balaban J connectivity index is 3.14. The molecule has 0 aliphatic heterocycles. The van der Waals surface area contributed by atoms with Crippen molar-refractivity contribution >= 4 is 0 Å². The molecular weight excluding hydrogens is 196 g/mol. The topological polar surface area (TPSA) is 20.2 Å². The first-order valence-corrected chi connectivity index (χ1v) is 7.40. The van der Waals surface area contributed by atoms with Crippen LogP contribution in [0.25, 0.3) is 0 Å². The third-order valence-corrected chi connectivity index (χ3v) is 3.65. The second kappa shape index (κ2) is 11.4. The van der Waals surface area contributed by atoms with Crippen LogP contribution >= 0.6 is 0 Å². The van der Waals surface area contributed by atoms with Crippen molar-refractivity contribution in [1.82, 2.24) is 0 Å². The zero-order valence-corrected chi connectivity index (χ0v) is 11.7. The minimum Gasteiger partial charge on any atom is -0.393 e. The summed E-state index contributed by atoms with van der Waals surface area (Å²) in [5.41, 5.74) is 0. The van der Waals surface area contributed by atoms with Crippen LogP contribution in [0.15, 0.2) is 0 Å². The average molecular weight is 228 g/mol. The maximum Gasteiger partial charge on any atom is 0.0565 e. The minimum atomic E-state index is -0.0647. The van der Waals surface area contributed by atoms with Crippen LogP contribution in [0.1, 0.15) is 85.0 Å². The molecule has 0 aromatic heterocycles. The van der Waals surface area contributed by atoms with Gasteiger partial charge in [-0.3, -0.25) is 0 Å². The second-order valence-electron chi connectivity index (χ2n) is 5.22. The fourth-order valence-corrected chi connectivity index (χ4v) is 2.04. The molecule has 1 heteroatoms. The van der Waals surface area contributed by atoms with Crippen LogP contribution in [0, 0.1) is 5.92 Å². The molecule has 0 amide bonds. The van der Waals surface area contributed by atoms with Crippen LogP contribution in [0.3, 0.4) is 0 Å². The van der Waals surface area contributed by atoms with Crippen molar-refractivity contribution in [1.29, 1.82) is 0 Å². The van der Waals surface area contributed by atoms with Gasteiger partial charge in [0.2, 0.25) is 0 Å². The van der Waals surface area contributed by atoms with E-state index in [2.05, 4.69) is 20.8 Å². The molecule has 98 valence electrons. The van der Waals surface area contributed by atoms with E-state index in [1.807, 2.05) is 0 Å². The maximum atomic E-state index is 9.79. The van der Waals surface area contributed by atoms with Crippen LogP contribution < -0.4 is 0 Å². The number of rotatable bonds is 11. The first kappa shape index (κ1) is 16.0. The predicted octanol–water partition coefficient (Wildman–Crippen LogP) is 4.92. The summed E-state index contributed by atoms with van der Waals surface area (Å²) in [4.78, 5) is 0. The third-order valence-electron chi connectivity index (χ3n) is 3.65. The largest absolute Gasteiger partial charge is 0.393 e. The van der Waals surface area contributed by atoms with Crippen LogP contribution in [-0.4, -0.2) is 11.2 Å². The molecule has 0 aliphatic rings. The fraction of sp³-hybridized carbons (Fsp3) is 1.00. The maximum absolute atomic E-state index is 9.79. The quantitative estimate of drug-likeness (QED) is 0.497. The van der Waals surface area contributed by atoms with E-state index >= 15 is 0 Å². The van der Waals surface area contributed by atoms with Gasteiger partial charge in [0.1, 0.15) is 0 Å². The van der Waals surface area contributed by atoms with Gasteiger partial charge in [-0.25, -0.2) is 0 Å². The van der Waals surface area contributed by atoms with Gasteiger partial charge in [-0.05, 0) is 12.3 Å². The zero-order valence-electron chi connectivity index (χ0n) is 11.7. The second-order valence-corrected chi connectivity index (χ2v) is 5.22. The molecule has 0 aromatic carbocycles.